The number of hydrogen-bond acceptors (Lipinski definition) is 2. The van der Waals surface area contributed by atoms with Crippen LogP contribution in [0.15, 0.2) is 30.6 Å². The Morgan fingerprint density at radius 3 is 2.35 bits per heavy atom. The molecule has 17 heavy (non-hydrogen) atoms. The minimum absolute atomic E-state index is 0.366. The maximum atomic E-state index is 9.73. The van der Waals surface area contributed by atoms with Gasteiger partial charge < -0.3 is 9.67 Å². The summed E-state index contributed by atoms with van der Waals surface area (Å²) in [6.45, 7) is 6.03. The molecule has 0 aliphatic carbocycles. The Labute approximate surface area is 102 Å². The summed E-state index contributed by atoms with van der Waals surface area (Å²) in [6.07, 6.45) is 2.20. The second-order valence-electron chi connectivity index (χ2n) is 4.30. The fourth-order valence-corrected chi connectivity index (χ4v) is 1.85. The molecule has 0 radical (unpaired) electrons. The van der Waals surface area contributed by atoms with Gasteiger partial charge in [0.25, 0.3) is 0 Å². The van der Waals surface area contributed by atoms with Crippen molar-refractivity contribution >= 4 is 0 Å². The van der Waals surface area contributed by atoms with E-state index in [1.165, 1.54) is 0 Å². The van der Waals surface area contributed by atoms with Gasteiger partial charge in [-0.2, -0.15) is 0 Å². The maximum absolute atomic E-state index is 9.73. The summed E-state index contributed by atoms with van der Waals surface area (Å²) in [4.78, 5) is 4.28. The molecule has 1 aromatic heterocycles. The van der Waals surface area contributed by atoms with Crippen LogP contribution >= 0.6 is 0 Å². The molecule has 0 amide bonds. The van der Waals surface area contributed by atoms with Crippen LogP contribution < -0.4 is 0 Å². The predicted molar refractivity (Wildman–Crippen MR) is 68.3 cm³/mol. The molecule has 1 aromatic carbocycles. The minimum atomic E-state index is -0.366. The molecule has 0 aliphatic rings. The molecule has 2 rings (SSSR count). The Balaban J connectivity index is 2.32. The van der Waals surface area contributed by atoms with Gasteiger partial charge in [0.2, 0.25) is 0 Å². The Morgan fingerprint density at radius 1 is 1.24 bits per heavy atom. The Morgan fingerprint density at radius 2 is 1.88 bits per heavy atom. The minimum Gasteiger partial charge on any atom is -0.388 e. The number of aliphatic hydroxyl groups excluding tert-OH is 1. The summed E-state index contributed by atoms with van der Waals surface area (Å²) in [7, 11) is 0. The normalized spacial score (nSPS) is 12.7. The van der Waals surface area contributed by atoms with Crippen molar-refractivity contribution < 1.29 is 5.11 Å². The van der Waals surface area contributed by atoms with Crippen LogP contribution in [0.1, 0.15) is 36.4 Å². The Bertz CT molecular complexity index is 499. The molecule has 2 aromatic rings. The molecule has 0 bridgehead atoms. The molecular formula is C14H18N2O. The molecule has 90 valence electrons. The number of aliphatic hydroxyl groups is 1. The van der Waals surface area contributed by atoms with Gasteiger partial charge in [0.1, 0.15) is 0 Å². The molecule has 0 spiro atoms. The second-order valence-corrected chi connectivity index (χ2v) is 4.30. The highest BCUT2D eigenvalue weighted by atomic mass is 16.3. The quantitative estimate of drug-likeness (QED) is 0.880. The standard InChI is InChI=1S/C14H18N2O/c1-4-14(17)12-5-7-13(8-6-12)16-9-15-10(2)11(16)3/h5-9,14,17H,4H2,1-3H3. The molecule has 1 unspecified atom stereocenters. The molecule has 0 fully saturated rings. The number of nitrogens with zero attached hydrogens (tertiary/aromatic N) is 2. The summed E-state index contributed by atoms with van der Waals surface area (Å²) < 4.78 is 2.05. The van der Waals surface area contributed by atoms with E-state index in [1.807, 2.05) is 44.4 Å². The van der Waals surface area contributed by atoms with E-state index in [0.717, 1.165) is 29.1 Å². The van der Waals surface area contributed by atoms with Crippen LogP contribution in [0, 0.1) is 13.8 Å². The van der Waals surface area contributed by atoms with E-state index in [2.05, 4.69) is 16.5 Å². The van der Waals surface area contributed by atoms with Gasteiger partial charge in [0, 0.05) is 11.4 Å². The van der Waals surface area contributed by atoms with E-state index in [4.69, 9.17) is 0 Å². The molecule has 1 heterocycles. The van der Waals surface area contributed by atoms with Crippen LogP contribution in [0.25, 0.3) is 5.69 Å². The van der Waals surface area contributed by atoms with E-state index in [9.17, 15) is 5.11 Å². The topological polar surface area (TPSA) is 38.0 Å². The SMILES string of the molecule is CCC(O)c1ccc(-n2cnc(C)c2C)cc1. The van der Waals surface area contributed by atoms with Gasteiger partial charge in [-0.15, -0.1) is 0 Å². The van der Waals surface area contributed by atoms with Gasteiger partial charge >= 0.3 is 0 Å². The van der Waals surface area contributed by atoms with E-state index in [0.29, 0.717) is 0 Å². The lowest BCUT2D eigenvalue weighted by Crippen LogP contribution is -1.98. The van der Waals surface area contributed by atoms with E-state index in [-0.39, 0.29) is 6.10 Å². The maximum Gasteiger partial charge on any atom is 0.0997 e. The summed E-state index contributed by atoms with van der Waals surface area (Å²) in [5.74, 6) is 0. The van der Waals surface area contributed by atoms with Gasteiger partial charge in [-0.1, -0.05) is 19.1 Å². The zero-order valence-electron chi connectivity index (χ0n) is 10.5. The van der Waals surface area contributed by atoms with Crippen molar-refractivity contribution in [2.45, 2.75) is 33.3 Å². The number of rotatable bonds is 3. The number of benzene rings is 1. The zero-order valence-corrected chi connectivity index (χ0v) is 10.5. The van der Waals surface area contributed by atoms with Gasteiger partial charge in [0.05, 0.1) is 18.1 Å². The Hall–Kier alpha value is -1.61. The summed E-state index contributed by atoms with van der Waals surface area (Å²) in [5.41, 5.74) is 4.23. The highest BCUT2D eigenvalue weighted by Gasteiger charge is 2.07. The van der Waals surface area contributed by atoms with Crippen LogP contribution in [0.5, 0.6) is 0 Å². The van der Waals surface area contributed by atoms with Crippen molar-refractivity contribution in [1.29, 1.82) is 0 Å². The first-order chi connectivity index (χ1) is 8.13. The molecule has 0 aliphatic heterocycles. The van der Waals surface area contributed by atoms with Crippen molar-refractivity contribution in [2.24, 2.45) is 0 Å². The zero-order chi connectivity index (χ0) is 12.4. The largest absolute Gasteiger partial charge is 0.388 e. The van der Waals surface area contributed by atoms with Crippen LogP contribution in [0.4, 0.5) is 0 Å². The van der Waals surface area contributed by atoms with Crippen molar-refractivity contribution in [3.05, 3.63) is 47.5 Å². The van der Waals surface area contributed by atoms with Crippen molar-refractivity contribution in [3.8, 4) is 5.69 Å². The van der Waals surface area contributed by atoms with Crippen molar-refractivity contribution in [2.75, 3.05) is 0 Å². The van der Waals surface area contributed by atoms with Gasteiger partial charge in [-0.3, -0.25) is 0 Å². The van der Waals surface area contributed by atoms with Crippen molar-refractivity contribution in [3.63, 3.8) is 0 Å². The Kier molecular flexibility index (Phi) is 3.29. The van der Waals surface area contributed by atoms with Crippen molar-refractivity contribution in [1.82, 2.24) is 9.55 Å². The van der Waals surface area contributed by atoms with Crippen LogP contribution in [0.3, 0.4) is 0 Å². The monoisotopic (exact) mass is 230 g/mol. The molecule has 3 nitrogen and oxygen atoms in total. The van der Waals surface area contributed by atoms with E-state index < -0.39 is 0 Å². The lowest BCUT2D eigenvalue weighted by atomic mass is 10.1. The molecule has 0 saturated carbocycles. The third kappa shape index (κ3) is 2.24. The summed E-state index contributed by atoms with van der Waals surface area (Å²) in [6, 6.07) is 7.97. The van der Waals surface area contributed by atoms with Crippen LogP contribution in [0.2, 0.25) is 0 Å². The van der Waals surface area contributed by atoms with Gasteiger partial charge in [-0.25, -0.2) is 4.98 Å². The third-order valence-electron chi connectivity index (χ3n) is 3.19. The lowest BCUT2D eigenvalue weighted by molar-refractivity contribution is 0.173. The summed E-state index contributed by atoms with van der Waals surface area (Å²) >= 11 is 0. The first-order valence-electron chi connectivity index (χ1n) is 5.92. The van der Waals surface area contributed by atoms with Gasteiger partial charge in [-0.05, 0) is 38.0 Å². The number of aryl methyl sites for hydroxylation is 1. The highest BCUT2D eigenvalue weighted by molar-refractivity contribution is 5.37. The average molecular weight is 230 g/mol. The highest BCUT2D eigenvalue weighted by Crippen LogP contribution is 2.19. The number of aromatic nitrogens is 2. The third-order valence-corrected chi connectivity index (χ3v) is 3.19. The smallest absolute Gasteiger partial charge is 0.0997 e. The van der Waals surface area contributed by atoms with E-state index >= 15 is 0 Å². The second kappa shape index (κ2) is 4.72. The molecule has 1 N–H and O–H groups in total. The number of hydrogen-bond donors (Lipinski definition) is 1. The first kappa shape index (κ1) is 11.9. The van der Waals surface area contributed by atoms with Gasteiger partial charge in [0.15, 0.2) is 0 Å². The van der Waals surface area contributed by atoms with Crippen LogP contribution in [-0.2, 0) is 0 Å². The fourth-order valence-electron chi connectivity index (χ4n) is 1.85. The molecule has 0 saturated heterocycles. The van der Waals surface area contributed by atoms with Crippen LogP contribution in [-0.4, -0.2) is 14.7 Å². The number of imidazole rings is 1. The lowest BCUT2D eigenvalue weighted by Gasteiger charge is -2.10. The first-order valence-corrected chi connectivity index (χ1v) is 5.92. The molecule has 3 heteroatoms. The average Bonchev–Trinajstić information content (AvgIpc) is 2.69. The fraction of sp³-hybridized carbons (Fsp3) is 0.357. The predicted octanol–water partition coefficient (Wildman–Crippen LogP) is 2.93. The molecule has 1 atom stereocenters. The molecular weight excluding hydrogens is 212 g/mol. The van der Waals surface area contributed by atoms with E-state index in [1.54, 1.807) is 0 Å². The summed E-state index contributed by atoms with van der Waals surface area (Å²) in [5, 5.41) is 9.73.